The van der Waals surface area contributed by atoms with Crippen LogP contribution >= 0.6 is 34.8 Å². The van der Waals surface area contributed by atoms with Crippen LogP contribution in [0.5, 0.6) is 5.75 Å². The van der Waals surface area contributed by atoms with E-state index in [4.69, 9.17) is 39.5 Å². The van der Waals surface area contributed by atoms with E-state index in [-0.39, 0.29) is 28.0 Å². The molecule has 4 amide bonds. The Kier molecular flexibility index (Phi) is 6.70. The number of anilines is 1. The molecule has 166 valence electrons. The quantitative estimate of drug-likeness (QED) is 0.349. The van der Waals surface area contributed by atoms with E-state index in [1.54, 1.807) is 54.6 Å². The molecule has 4 rings (SSSR count). The maximum Gasteiger partial charge on any atom is 0.335 e. The minimum atomic E-state index is -0.836. The largest absolute Gasteiger partial charge is 0.487 e. The molecule has 1 N–H and O–H groups in total. The molecule has 1 heterocycles. The average Bonchev–Trinajstić information content (AvgIpc) is 2.77. The van der Waals surface area contributed by atoms with Gasteiger partial charge in [-0.05, 0) is 48.0 Å². The van der Waals surface area contributed by atoms with Crippen molar-refractivity contribution in [2.75, 3.05) is 4.90 Å². The van der Waals surface area contributed by atoms with E-state index < -0.39 is 17.8 Å². The normalized spacial score (nSPS) is 15.1. The Morgan fingerprint density at radius 3 is 2.27 bits per heavy atom. The SMILES string of the molecule is O=C1NC(=O)N(c2ccccc2)C(=O)/C1=C/c1cc(Cl)cc(Cl)c1OCc1ccc(Cl)cc1. The maximum atomic E-state index is 13.1. The summed E-state index contributed by atoms with van der Waals surface area (Å²) in [7, 11) is 0. The van der Waals surface area contributed by atoms with E-state index in [0.29, 0.717) is 16.3 Å². The summed E-state index contributed by atoms with van der Waals surface area (Å²) in [6, 6.07) is 17.5. The van der Waals surface area contributed by atoms with Crippen LogP contribution in [0.4, 0.5) is 10.5 Å². The van der Waals surface area contributed by atoms with Crippen LogP contribution in [-0.4, -0.2) is 17.8 Å². The molecule has 0 aliphatic carbocycles. The second-order valence-corrected chi connectivity index (χ2v) is 8.29. The summed E-state index contributed by atoms with van der Waals surface area (Å²) in [5, 5.41) is 3.25. The molecular formula is C24H15Cl3N2O4. The van der Waals surface area contributed by atoms with Crippen LogP contribution in [-0.2, 0) is 16.2 Å². The molecule has 1 fully saturated rings. The topological polar surface area (TPSA) is 75.7 Å². The lowest BCUT2D eigenvalue weighted by Gasteiger charge is -2.26. The summed E-state index contributed by atoms with van der Waals surface area (Å²) in [4.78, 5) is 38.8. The van der Waals surface area contributed by atoms with Crippen LogP contribution < -0.4 is 15.0 Å². The number of benzene rings is 3. The summed E-state index contributed by atoms with van der Waals surface area (Å²) in [5.41, 5.74) is 1.19. The third kappa shape index (κ3) is 5.03. The van der Waals surface area contributed by atoms with Crippen molar-refractivity contribution in [3.8, 4) is 5.75 Å². The van der Waals surface area contributed by atoms with Crippen molar-refractivity contribution >= 4 is 64.4 Å². The van der Waals surface area contributed by atoms with Crippen molar-refractivity contribution in [1.82, 2.24) is 5.32 Å². The Morgan fingerprint density at radius 2 is 1.58 bits per heavy atom. The molecule has 9 heteroatoms. The first-order valence-corrected chi connectivity index (χ1v) is 10.8. The van der Waals surface area contributed by atoms with Gasteiger partial charge in [-0.2, -0.15) is 0 Å². The first-order chi connectivity index (χ1) is 15.8. The molecule has 3 aromatic rings. The van der Waals surface area contributed by atoms with E-state index in [1.165, 1.54) is 18.2 Å². The number of imide groups is 2. The highest BCUT2D eigenvalue weighted by molar-refractivity contribution is 6.40. The number of para-hydroxylation sites is 1. The van der Waals surface area contributed by atoms with Gasteiger partial charge in [0, 0.05) is 15.6 Å². The number of hydrogen-bond donors (Lipinski definition) is 1. The van der Waals surface area contributed by atoms with Gasteiger partial charge in [-0.1, -0.05) is 65.1 Å². The van der Waals surface area contributed by atoms with Gasteiger partial charge in [0.15, 0.2) is 0 Å². The number of urea groups is 1. The molecule has 0 radical (unpaired) electrons. The second kappa shape index (κ2) is 9.67. The number of barbiturate groups is 1. The second-order valence-electron chi connectivity index (χ2n) is 7.01. The van der Waals surface area contributed by atoms with Crippen LogP contribution in [0.15, 0.2) is 72.3 Å². The zero-order valence-electron chi connectivity index (χ0n) is 16.8. The lowest BCUT2D eigenvalue weighted by molar-refractivity contribution is -0.122. The average molecular weight is 502 g/mol. The number of carbonyl (C=O) groups is 3. The van der Waals surface area contributed by atoms with Crippen LogP contribution in [0.1, 0.15) is 11.1 Å². The first kappa shape index (κ1) is 22.9. The predicted octanol–water partition coefficient (Wildman–Crippen LogP) is 5.89. The van der Waals surface area contributed by atoms with Crippen molar-refractivity contribution in [2.24, 2.45) is 0 Å². The number of nitrogens with one attached hydrogen (secondary N) is 1. The fourth-order valence-electron chi connectivity index (χ4n) is 3.20. The van der Waals surface area contributed by atoms with E-state index in [2.05, 4.69) is 5.32 Å². The number of amides is 4. The fourth-order valence-corrected chi connectivity index (χ4v) is 3.89. The Labute approximate surface area is 204 Å². The number of rotatable bonds is 5. The van der Waals surface area contributed by atoms with E-state index in [0.717, 1.165) is 10.5 Å². The number of nitrogens with zero attached hydrogens (tertiary/aromatic N) is 1. The highest BCUT2D eigenvalue weighted by atomic mass is 35.5. The highest BCUT2D eigenvalue weighted by Gasteiger charge is 2.37. The van der Waals surface area contributed by atoms with Crippen LogP contribution in [0.2, 0.25) is 15.1 Å². The lowest BCUT2D eigenvalue weighted by atomic mass is 10.1. The molecule has 33 heavy (non-hydrogen) atoms. The molecule has 0 saturated carbocycles. The number of ether oxygens (including phenoxy) is 1. The van der Waals surface area contributed by atoms with Gasteiger partial charge in [0.05, 0.1) is 10.7 Å². The third-order valence-corrected chi connectivity index (χ3v) is 5.50. The van der Waals surface area contributed by atoms with Gasteiger partial charge in [-0.25, -0.2) is 9.69 Å². The van der Waals surface area contributed by atoms with Crippen LogP contribution in [0, 0.1) is 0 Å². The predicted molar refractivity (Wildman–Crippen MR) is 128 cm³/mol. The number of hydrogen-bond acceptors (Lipinski definition) is 4. The van der Waals surface area contributed by atoms with Crippen molar-refractivity contribution in [1.29, 1.82) is 0 Å². The molecular weight excluding hydrogens is 487 g/mol. The van der Waals surface area contributed by atoms with E-state index in [1.807, 2.05) is 0 Å². The van der Waals surface area contributed by atoms with Crippen molar-refractivity contribution < 1.29 is 19.1 Å². The molecule has 6 nitrogen and oxygen atoms in total. The maximum absolute atomic E-state index is 13.1. The van der Waals surface area contributed by atoms with Crippen LogP contribution in [0.3, 0.4) is 0 Å². The molecule has 3 aromatic carbocycles. The summed E-state index contributed by atoms with van der Waals surface area (Å²) in [6.45, 7) is 0.156. The number of halogens is 3. The molecule has 0 atom stereocenters. The Bertz CT molecular complexity index is 1270. The van der Waals surface area contributed by atoms with Gasteiger partial charge < -0.3 is 4.74 Å². The van der Waals surface area contributed by atoms with Crippen molar-refractivity contribution in [3.63, 3.8) is 0 Å². The van der Waals surface area contributed by atoms with Gasteiger partial charge >= 0.3 is 6.03 Å². The standard InChI is InChI=1S/C24H15Cl3N2O4/c25-16-8-6-14(7-9-16)13-33-21-15(10-17(26)12-20(21)27)11-19-22(30)28-24(32)29(23(19)31)18-4-2-1-3-5-18/h1-12H,13H2,(H,28,30,32)/b19-11+. The van der Waals surface area contributed by atoms with E-state index in [9.17, 15) is 14.4 Å². The van der Waals surface area contributed by atoms with Gasteiger partial charge in [0.1, 0.15) is 17.9 Å². The fraction of sp³-hybridized carbons (Fsp3) is 0.0417. The van der Waals surface area contributed by atoms with Crippen molar-refractivity contribution in [3.05, 3.63) is 98.5 Å². The molecule has 0 bridgehead atoms. The summed E-state index contributed by atoms with van der Waals surface area (Å²) in [5.74, 6) is -1.39. The Morgan fingerprint density at radius 1 is 0.879 bits per heavy atom. The minimum Gasteiger partial charge on any atom is -0.487 e. The number of carbonyl (C=O) groups excluding carboxylic acids is 3. The third-order valence-electron chi connectivity index (χ3n) is 4.75. The van der Waals surface area contributed by atoms with Gasteiger partial charge in [-0.15, -0.1) is 0 Å². The zero-order valence-corrected chi connectivity index (χ0v) is 19.1. The molecule has 0 spiro atoms. The first-order valence-electron chi connectivity index (χ1n) is 9.66. The molecule has 1 saturated heterocycles. The van der Waals surface area contributed by atoms with Crippen molar-refractivity contribution in [2.45, 2.75) is 6.61 Å². The monoisotopic (exact) mass is 500 g/mol. The van der Waals surface area contributed by atoms with Gasteiger partial charge in [0.25, 0.3) is 11.8 Å². The smallest absolute Gasteiger partial charge is 0.335 e. The van der Waals surface area contributed by atoms with Gasteiger partial charge in [0.2, 0.25) is 0 Å². The summed E-state index contributed by atoms with van der Waals surface area (Å²) < 4.78 is 5.89. The molecule has 1 aliphatic heterocycles. The van der Waals surface area contributed by atoms with Gasteiger partial charge in [-0.3, -0.25) is 14.9 Å². The Hall–Kier alpha value is -3.32. The Balaban J connectivity index is 1.70. The van der Waals surface area contributed by atoms with E-state index >= 15 is 0 Å². The molecule has 0 aromatic heterocycles. The lowest BCUT2D eigenvalue weighted by Crippen LogP contribution is -2.54. The minimum absolute atomic E-state index is 0.156. The molecule has 1 aliphatic rings. The van der Waals surface area contributed by atoms with Crippen LogP contribution in [0.25, 0.3) is 6.08 Å². The summed E-state index contributed by atoms with van der Waals surface area (Å²) >= 11 is 18.4. The molecule has 0 unspecified atom stereocenters. The zero-order chi connectivity index (χ0) is 23.5. The summed E-state index contributed by atoms with van der Waals surface area (Å²) in [6.07, 6.45) is 1.30. The highest BCUT2D eigenvalue weighted by Crippen LogP contribution is 2.35.